The molecule has 1 aliphatic heterocycles. The number of anilines is 1. The first kappa shape index (κ1) is 15.1. The highest BCUT2D eigenvalue weighted by Gasteiger charge is 2.26. The number of amides is 2. The lowest BCUT2D eigenvalue weighted by Gasteiger charge is -2.31. The molecule has 0 aromatic heterocycles. The monoisotopic (exact) mass is 288 g/mol. The van der Waals surface area contributed by atoms with E-state index >= 15 is 0 Å². The van der Waals surface area contributed by atoms with Crippen molar-refractivity contribution in [3.8, 4) is 0 Å². The molecule has 0 bridgehead atoms. The van der Waals surface area contributed by atoms with Crippen LogP contribution in [0.15, 0.2) is 30.9 Å². The van der Waals surface area contributed by atoms with Gasteiger partial charge in [0.15, 0.2) is 0 Å². The van der Waals surface area contributed by atoms with Crippen LogP contribution in [0.1, 0.15) is 35.7 Å². The minimum atomic E-state index is -0.950. The number of carboxylic acid groups (broad SMARTS) is 1. The van der Waals surface area contributed by atoms with Gasteiger partial charge in [0.05, 0.1) is 5.56 Å². The van der Waals surface area contributed by atoms with Crippen LogP contribution in [0.4, 0.5) is 10.5 Å². The quantitative estimate of drug-likeness (QED) is 0.837. The first-order chi connectivity index (χ1) is 10.0. The molecule has 0 radical (unpaired) electrons. The lowest BCUT2D eigenvalue weighted by atomic mass is 9.96. The highest BCUT2D eigenvalue weighted by molar-refractivity contribution is 5.97. The van der Waals surface area contributed by atoms with E-state index in [1.54, 1.807) is 29.2 Å². The Morgan fingerprint density at radius 2 is 2.29 bits per heavy atom. The number of hydrogen-bond donors (Lipinski definition) is 2. The van der Waals surface area contributed by atoms with Crippen molar-refractivity contribution in [3.63, 3.8) is 0 Å². The van der Waals surface area contributed by atoms with Crippen LogP contribution in [0.25, 0.3) is 0 Å². The molecule has 21 heavy (non-hydrogen) atoms. The van der Waals surface area contributed by atoms with E-state index in [0.717, 1.165) is 12.0 Å². The SMILES string of the molecule is C=CCC(C)NC(=O)N1CCCc2c(C(=O)O)cccc21. The van der Waals surface area contributed by atoms with Crippen LogP contribution in [0, 0.1) is 0 Å². The Kier molecular flexibility index (Phi) is 4.62. The zero-order chi connectivity index (χ0) is 15.4. The highest BCUT2D eigenvalue weighted by Crippen LogP contribution is 2.30. The van der Waals surface area contributed by atoms with Crippen molar-refractivity contribution in [2.75, 3.05) is 11.4 Å². The second kappa shape index (κ2) is 6.43. The second-order valence-electron chi connectivity index (χ2n) is 5.24. The van der Waals surface area contributed by atoms with Gasteiger partial charge in [0.1, 0.15) is 0 Å². The van der Waals surface area contributed by atoms with E-state index in [2.05, 4.69) is 11.9 Å². The Hall–Kier alpha value is -2.30. The van der Waals surface area contributed by atoms with Gasteiger partial charge in [-0.25, -0.2) is 9.59 Å². The minimum absolute atomic E-state index is 0.00281. The van der Waals surface area contributed by atoms with Crippen LogP contribution in [-0.4, -0.2) is 29.7 Å². The Bertz CT molecular complexity index is 569. The number of rotatable bonds is 4. The third kappa shape index (κ3) is 3.24. The number of carbonyl (C=O) groups is 2. The molecule has 0 fully saturated rings. The molecule has 0 saturated heterocycles. The van der Waals surface area contributed by atoms with Gasteiger partial charge in [-0.05, 0) is 43.9 Å². The van der Waals surface area contributed by atoms with E-state index < -0.39 is 5.97 Å². The van der Waals surface area contributed by atoms with Crippen LogP contribution in [-0.2, 0) is 6.42 Å². The summed E-state index contributed by atoms with van der Waals surface area (Å²) in [5.74, 6) is -0.950. The van der Waals surface area contributed by atoms with E-state index in [1.165, 1.54) is 0 Å². The predicted octanol–water partition coefficient (Wildman–Crippen LogP) is 2.81. The van der Waals surface area contributed by atoms with Crippen molar-refractivity contribution < 1.29 is 14.7 Å². The molecule has 5 nitrogen and oxygen atoms in total. The van der Waals surface area contributed by atoms with Crippen LogP contribution in [0.2, 0.25) is 0 Å². The van der Waals surface area contributed by atoms with Gasteiger partial charge in [0.25, 0.3) is 0 Å². The van der Waals surface area contributed by atoms with Gasteiger partial charge in [-0.1, -0.05) is 12.1 Å². The molecule has 2 rings (SSSR count). The Morgan fingerprint density at radius 1 is 1.52 bits per heavy atom. The lowest BCUT2D eigenvalue weighted by molar-refractivity contribution is 0.0695. The third-order valence-corrected chi connectivity index (χ3v) is 3.62. The van der Waals surface area contributed by atoms with Gasteiger partial charge in [-0.15, -0.1) is 6.58 Å². The van der Waals surface area contributed by atoms with Crippen molar-refractivity contribution >= 4 is 17.7 Å². The number of benzene rings is 1. The fraction of sp³-hybridized carbons (Fsp3) is 0.375. The number of aromatic carboxylic acids is 1. The van der Waals surface area contributed by atoms with Gasteiger partial charge in [0, 0.05) is 18.3 Å². The van der Waals surface area contributed by atoms with E-state index in [4.69, 9.17) is 0 Å². The molecule has 0 spiro atoms. The van der Waals surface area contributed by atoms with Crippen molar-refractivity contribution in [1.29, 1.82) is 0 Å². The van der Waals surface area contributed by atoms with E-state index in [9.17, 15) is 14.7 Å². The maximum atomic E-state index is 12.4. The van der Waals surface area contributed by atoms with E-state index in [-0.39, 0.29) is 17.6 Å². The molecule has 112 valence electrons. The summed E-state index contributed by atoms with van der Waals surface area (Å²) in [4.78, 5) is 25.3. The van der Waals surface area contributed by atoms with Gasteiger partial charge >= 0.3 is 12.0 Å². The van der Waals surface area contributed by atoms with Crippen LogP contribution in [0.3, 0.4) is 0 Å². The number of carboxylic acids is 1. The highest BCUT2D eigenvalue weighted by atomic mass is 16.4. The summed E-state index contributed by atoms with van der Waals surface area (Å²) in [6.45, 7) is 6.17. The molecule has 5 heteroatoms. The number of nitrogens with zero attached hydrogens (tertiary/aromatic N) is 1. The normalized spacial score (nSPS) is 15.0. The van der Waals surface area contributed by atoms with Gasteiger partial charge in [-0.3, -0.25) is 4.90 Å². The number of carbonyl (C=O) groups excluding carboxylic acids is 1. The van der Waals surface area contributed by atoms with Crippen LogP contribution in [0.5, 0.6) is 0 Å². The van der Waals surface area contributed by atoms with Gasteiger partial charge in [-0.2, -0.15) is 0 Å². The molecule has 2 amide bonds. The zero-order valence-electron chi connectivity index (χ0n) is 12.1. The van der Waals surface area contributed by atoms with Crippen molar-refractivity contribution in [3.05, 3.63) is 42.0 Å². The second-order valence-corrected chi connectivity index (χ2v) is 5.24. The molecular formula is C16H20N2O3. The summed E-state index contributed by atoms with van der Waals surface area (Å²) < 4.78 is 0. The summed E-state index contributed by atoms with van der Waals surface area (Å²) in [6.07, 6.45) is 3.91. The summed E-state index contributed by atoms with van der Waals surface area (Å²) in [6, 6.07) is 4.89. The van der Waals surface area contributed by atoms with Crippen LogP contribution < -0.4 is 10.2 Å². The fourth-order valence-corrected chi connectivity index (χ4v) is 2.63. The smallest absolute Gasteiger partial charge is 0.336 e. The maximum absolute atomic E-state index is 12.4. The molecule has 1 heterocycles. The number of fused-ring (bicyclic) bond motifs is 1. The summed E-state index contributed by atoms with van der Waals surface area (Å²) in [5, 5.41) is 12.2. The van der Waals surface area contributed by atoms with E-state index in [0.29, 0.717) is 25.1 Å². The van der Waals surface area contributed by atoms with Crippen LogP contribution >= 0.6 is 0 Å². The average molecular weight is 288 g/mol. The van der Waals surface area contributed by atoms with Gasteiger partial charge < -0.3 is 10.4 Å². The molecule has 0 saturated carbocycles. The molecule has 1 atom stereocenters. The molecule has 2 N–H and O–H groups in total. The summed E-state index contributed by atoms with van der Waals surface area (Å²) >= 11 is 0. The Labute approximate surface area is 124 Å². The van der Waals surface area contributed by atoms with Crippen molar-refractivity contribution in [2.24, 2.45) is 0 Å². The minimum Gasteiger partial charge on any atom is -0.478 e. The summed E-state index contributed by atoms with van der Waals surface area (Å²) in [7, 11) is 0. The molecular weight excluding hydrogens is 268 g/mol. The van der Waals surface area contributed by atoms with Crippen molar-refractivity contribution in [2.45, 2.75) is 32.2 Å². The molecule has 1 aromatic rings. The maximum Gasteiger partial charge on any atom is 0.336 e. The Morgan fingerprint density at radius 3 is 2.95 bits per heavy atom. The Balaban J connectivity index is 2.26. The molecule has 1 unspecified atom stereocenters. The number of nitrogens with one attached hydrogen (secondary N) is 1. The summed E-state index contributed by atoms with van der Waals surface area (Å²) in [5.41, 5.74) is 1.72. The molecule has 1 aliphatic rings. The predicted molar refractivity (Wildman–Crippen MR) is 81.9 cm³/mol. The first-order valence-corrected chi connectivity index (χ1v) is 7.08. The first-order valence-electron chi connectivity index (χ1n) is 7.08. The topological polar surface area (TPSA) is 69.6 Å². The number of hydrogen-bond acceptors (Lipinski definition) is 2. The third-order valence-electron chi connectivity index (χ3n) is 3.62. The number of urea groups is 1. The largest absolute Gasteiger partial charge is 0.478 e. The average Bonchev–Trinajstić information content (AvgIpc) is 2.45. The molecule has 0 aliphatic carbocycles. The standard InChI is InChI=1S/C16H20N2O3/c1-3-6-11(2)17-16(21)18-10-5-8-12-13(15(19)20)7-4-9-14(12)18/h3-4,7,9,11H,1,5-6,8,10H2,2H3,(H,17,21)(H,19,20). The zero-order valence-corrected chi connectivity index (χ0v) is 12.1. The van der Waals surface area contributed by atoms with Crippen molar-refractivity contribution in [1.82, 2.24) is 5.32 Å². The lowest BCUT2D eigenvalue weighted by Crippen LogP contribution is -2.46. The molecule has 1 aromatic carbocycles. The van der Waals surface area contributed by atoms with Gasteiger partial charge in [0.2, 0.25) is 0 Å². The van der Waals surface area contributed by atoms with E-state index in [1.807, 2.05) is 6.92 Å². The fourth-order valence-electron chi connectivity index (χ4n) is 2.63.